The number of benzene rings is 2. The van der Waals surface area contributed by atoms with Crippen molar-refractivity contribution in [2.24, 2.45) is 5.41 Å². The van der Waals surface area contributed by atoms with Crippen LogP contribution in [0.25, 0.3) is 16.7 Å². The van der Waals surface area contributed by atoms with Gasteiger partial charge in [0.15, 0.2) is 0 Å². The fraction of sp³-hybridized carbons (Fsp3) is 0.231. The van der Waals surface area contributed by atoms with Gasteiger partial charge in [0.25, 0.3) is 10.0 Å². The van der Waals surface area contributed by atoms with Crippen LogP contribution in [-0.4, -0.2) is 35.1 Å². The number of carbonyl (C=O) groups is 1. The molecule has 0 radical (unpaired) electrons. The van der Waals surface area contributed by atoms with Gasteiger partial charge in [0.2, 0.25) is 0 Å². The molecule has 7 nitrogen and oxygen atoms in total. The van der Waals surface area contributed by atoms with Crippen molar-refractivity contribution in [3.05, 3.63) is 82.6 Å². The van der Waals surface area contributed by atoms with Crippen LogP contribution in [-0.2, 0) is 21.0 Å². The summed E-state index contributed by atoms with van der Waals surface area (Å²) in [5.41, 5.74) is -1.76. The van der Waals surface area contributed by atoms with E-state index in [4.69, 9.17) is 23.2 Å². The maximum absolute atomic E-state index is 14.0. The van der Waals surface area contributed by atoms with Crippen LogP contribution in [0.15, 0.2) is 71.9 Å². The van der Waals surface area contributed by atoms with Crippen molar-refractivity contribution in [2.45, 2.75) is 37.9 Å². The van der Waals surface area contributed by atoms with E-state index in [0.717, 1.165) is 22.5 Å². The summed E-state index contributed by atoms with van der Waals surface area (Å²) in [5, 5.41) is 10.6. The minimum Gasteiger partial charge on any atom is -0.480 e. The normalized spacial score (nSPS) is 13.4. The van der Waals surface area contributed by atoms with Crippen molar-refractivity contribution in [3.63, 3.8) is 0 Å². The van der Waals surface area contributed by atoms with Gasteiger partial charge in [-0.3, -0.25) is 4.31 Å². The first kappa shape index (κ1) is 28.7. The van der Waals surface area contributed by atoms with Crippen LogP contribution in [0.1, 0.15) is 26.3 Å². The van der Waals surface area contributed by atoms with Crippen LogP contribution < -0.4 is 4.31 Å². The molecule has 0 aliphatic heterocycles. The monoisotopic (exact) mass is 599 g/mol. The van der Waals surface area contributed by atoms with Gasteiger partial charge in [-0.25, -0.2) is 18.2 Å². The lowest BCUT2D eigenvalue weighted by Gasteiger charge is -2.37. The van der Waals surface area contributed by atoms with Crippen LogP contribution in [0, 0.1) is 5.41 Å². The molecule has 0 fully saturated rings. The highest BCUT2D eigenvalue weighted by molar-refractivity contribution is 7.93. The van der Waals surface area contributed by atoms with E-state index in [2.05, 4.69) is 4.98 Å². The molecule has 13 heteroatoms. The van der Waals surface area contributed by atoms with Gasteiger partial charge in [-0.1, -0.05) is 44.0 Å². The smallest absolute Gasteiger partial charge is 0.419 e. The Balaban J connectivity index is 1.95. The van der Waals surface area contributed by atoms with E-state index in [9.17, 15) is 31.5 Å². The molecule has 0 aliphatic rings. The number of hydrogen-bond acceptors (Lipinski definition) is 4. The summed E-state index contributed by atoms with van der Waals surface area (Å²) < 4.78 is 70.8. The van der Waals surface area contributed by atoms with Crippen LogP contribution in [0.2, 0.25) is 10.0 Å². The zero-order valence-electron chi connectivity index (χ0n) is 20.7. The van der Waals surface area contributed by atoms with Gasteiger partial charge < -0.3 is 9.67 Å². The quantitative estimate of drug-likeness (QED) is 0.256. The number of anilines is 1. The summed E-state index contributed by atoms with van der Waals surface area (Å²) in [7, 11) is -4.55. The van der Waals surface area contributed by atoms with E-state index in [-0.39, 0.29) is 26.4 Å². The number of aliphatic carboxylic acids is 1. The minimum atomic E-state index is -4.66. The molecule has 1 unspecified atom stereocenters. The first-order valence-electron chi connectivity index (χ1n) is 11.4. The van der Waals surface area contributed by atoms with Crippen molar-refractivity contribution in [1.29, 1.82) is 0 Å². The molecule has 0 saturated heterocycles. The van der Waals surface area contributed by atoms with Gasteiger partial charge in [0.05, 0.1) is 21.7 Å². The molecule has 1 N–H and O–H groups in total. The highest BCUT2D eigenvalue weighted by Crippen LogP contribution is 2.38. The first-order chi connectivity index (χ1) is 18.0. The van der Waals surface area contributed by atoms with E-state index in [1.54, 1.807) is 20.8 Å². The van der Waals surface area contributed by atoms with Crippen LogP contribution >= 0.6 is 23.2 Å². The lowest BCUT2D eigenvalue weighted by atomic mass is 9.86. The number of aromatic nitrogens is 2. The van der Waals surface area contributed by atoms with E-state index in [1.165, 1.54) is 53.4 Å². The van der Waals surface area contributed by atoms with Gasteiger partial charge in [-0.2, -0.15) is 13.2 Å². The molecular formula is C26H22Cl2F3N3O4S. The molecule has 4 aromatic rings. The summed E-state index contributed by atoms with van der Waals surface area (Å²) in [6.07, 6.45) is -2.05. The second-order valence-electron chi connectivity index (χ2n) is 9.81. The van der Waals surface area contributed by atoms with E-state index in [1.807, 2.05) is 0 Å². The summed E-state index contributed by atoms with van der Waals surface area (Å²) in [6.45, 7) is 4.73. The topological polar surface area (TPSA) is 92.5 Å². The summed E-state index contributed by atoms with van der Waals surface area (Å²) in [4.78, 5) is 16.1. The fourth-order valence-corrected chi connectivity index (χ4v) is 6.81. The van der Waals surface area contributed by atoms with E-state index in [0.29, 0.717) is 10.9 Å². The third-order valence-electron chi connectivity index (χ3n) is 5.93. The van der Waals surface area contributed by atoms with Crippen molar-refractivity contribution in [1.82, 2.24) is 9.55 Å². The molecular weight excluding hydrogens is 578 g/mol. The molecule has 0 bridgehead atoms. The Morgan fingerprint density at radius 3 is 2.23 bits per heavy atom. The zero-order chi connectivity index (χ0) is 28.9. The average molecular weight is 600 g/mol. The lowest BCUT2D eigenvalue weighted by molar-refractivity contribution is -0.141. The summed E-state index contributed by atoms with van der Waals surface area (Å²) in [6, 6.07) is 9.80. The van der Waals surface area contributed by atoms with E-state index < -0.39 is 39.2 Å². The van der Waals surface area contributed by atoms with Crippen LogP contribution in [0.3, 0.4) is 0 Å². The molecule has 1 atom stereocenters. The predicted molar refractivity (Wildman–Crippen MR) is 143 cm³/mol. The number of carboxylic acid groups (broad SMARTS) is 1. The lowest BCUT2D eigenvalue weighted by Crippen LogP contribution is -2.52. The molecule has 2 heterocycles. The van der Waals surface area contributed by atoms with Crippen molar-refractivity contribution >= 4 is 55.8 Å². The van der Waals surface area contributed by atoms with Crippen molar-refractivity contribution in [2.75, 3.05) is 4.31 Å². The second kappa shape index (κ2) is 10.0. The molecule has 0 spiro atoms. The zero-order valence-corrected chi connectivity index (χ0v) is 23.1. The van der Waals surface area contributed by atoms with Crippen LogP contribution in [0.5, 0.6) is 0 Å². The second-order valence-corrected chi connectivity index (χ2v) is 12.5. The molecule has 2 aromatic heterocycles. The average Bonchev–Trinajstić information content (AvgIpc) is 3.23. The molecule has 0 amide bonds. The SMILES string of the molecule is CC(C)(C)C(C(=O)O)N(c1ccc2c(ccn2-c2ncccc2C(F)(F)F)c1)S(=O)(=O)c1cc(Cl)cc(Cl)c1. The molecule has 39 heavy (non-hydrogen) atoms. The van der Waals surface area contributed by atoms with E-state index >= 15 is 0 Å². The van der Waals surface area contributed by atoms with Gasteiger partial charge in [0, 0.05) is 27.8 Å². The molecule has 4 rings (SSSR count). The standard InChI is InChI=1S/C26H22Cl2F3N3O4S/c1-25(2,3)22(24(35)36)34(39(37,38)19-13-16(27)12-17(28)14-19)18-6-7-21-15(11-18)8-10-33(21)23-20(26(29,30)31)5-4-9-32-23/h4-14,22H,1-3H3,(H,35,36). The number of alkyl halides is 3. The van der Waals surface area contributed by atoms with Crippen molar-refractivity contribution in [3.8, 4) is 5.82 Å². The Morgan fingerprint density at radius 1 is 1.03 bits per heavy atom. The van der Waals surface area contributed by atoms with Gasteiger partial charge in [-0.15, -0.1) is 0 Å². The van der Waals surface area contributed by atoms with Crippen molar-refractivity contribution < 1.29 is 31.5 Å². The number of nitrogens with zero attached hydrogens (tertiary/aromatic N) is 3. The number of halogens is 5. The molecule has 0 aliphatic carbocycles. The highest BCUT2D eigenvalue weighted by Gasteiger charge is 2.44. The Labute approximate surface area is 232 Å². The number of hydrogen-bond donors (Lipinski definition) is 1. The summed E-state index contributed by atoms with van der Waals surface area (Å²) >= 11 is 12.1. The Hall–Kier alpha value is -3.28. The third kappa shape index (κ3) is 5.57. The van der Waals surface area contributed by atoms with Gasteiger partial charge in [-0.05, 0) is 60.0 Å². The largest absolute Gasteiger partial charge is 0.480 e. The fourth-order valence-electron chi connectivity index (χ4n) is 4.30. The van der Waals surface area contributed by atoms with Gasteiger partial charge >= 0.3 is 12.1 Å². The molecule has 206 valence electrons. The minimum absolute atomic E-state index is 0.0178. The molecule has 2 aromatic carbocycles. The Morgan fingerprint density at radius 2 is 1.67 bits per heavy atom. The third-order valence-corrected chi connectivity index (χ3v) is 8.14. The highest BCUT2D eigenvalue weighted by atomic mass is 35.5. The van der Waals surface area contributed by atoms with Crippen LogP contribution in [0.4, 0.5) is 18.9 Å². The number of sulfonamides is 1. The summed E-state index contributed by atoms with van der Waals surface area (Å²) in [5.74, 6) is -1.76. The molecule has 0 saturated carbocycles. The first-order valence-corrected chi connectivity index (χ1v) is 13.6. The number of fused-ring (bicyclic) bond motifs is 1. The Bertz CT molecular complexity index is 1660. The predicted octanol–water partition coefficient (Wildman–Crippen LogP) is 7.05. The number of rotatable bonds is 6. The maximum Gasteiger partial charge on any atom is 0.419 e. The maximum atomic E-state index is 14.0. The number of carboxylic acids is 1. The number of pyridine rings is 1. The Kier molecular flexibility index (Phi) is 7.39. The van der Waals surface area contributed by atoms with Gasteiger partial charge in [0.1, 0.15) is 11.9 Å².